The van der Waals surface area contributed by atoms with Crippen LogP contribution in [0.3, 0.4) is 0 Å². The molecule has 1 atom stereocenters. The summed E-state index contributed by atoms with van der Waals surface area (Å²) in [5, 5.41) is 3.57. The molecule has 1 N–H and O–H groups in total. The summed E-state index contributed by atoms with van der Waals surface area (Å²) >= 11 is 2.08. The largest absolute Gasteiger partial charge is 0.381 e. The molecule has 2 heterocycles. The zero-order valence-corrected chi connectivity index (χ0v) is 10.9. The smallest absolute Gasteiger partial charge is 0.0506 e. The van der Waals surface area contributed by atoms with Gasteiger partial charge < -0.3 is 15.0 Å². The van der Waals surface area contributed by atoms with Gasteiger partial charge in [-0.3, -0.25) is 0 Å². The monoisotopic (exact) mass is 244 g/mol. The molecular formula is C12H24N2OS. The zero-order chi connectivity index (χ0) is 11.1. The summed E-state index contributed by atoms with van der Waals surface area (Å²) < 4.78 is 5.48. The minimum absolute atomic E-state index is 0.755. The van der Waals surface area contributed by atoms with Crippen LogP contribution in [0.5, 0.6) is 0 Å². The van der Waals surface area contributed by atoms with Gasteiger partial charge in [-0.15, -0.1) is 0 Å². The Kier molecular flexibility index (Phi) is 5.97. The van der Waals surface area contributed by atoms with Crippen LogP contribution in [0.1, 0.15) is 12.8 Å². The van der Waals surface area contributed by atoms with Gasteiger partial charge in [0.1, 0.15) is 0 Å². The van der Waals surface area contributed by atoms with Crippen LogP contribution in [-0.4, -0.2) is 62.3 Å². The fourth-order valence-corrected chi connectivity index (χ4v) is 3.32. The molecule has 0 spiro atoms. The number of nitrogens with one attached hydrogen (secondary N) is 1. The minimum Gasteiger partial charge on any atom is -0.381 e. The van der Waals surface area contributed by atoms with Gasteiger partial charge in [-0.2, -0.15) is 11.8 Å². The number of hydrogen-bond acceptors (Lipinski definition) is 4. The molecular weight excluding hydrogens is 220 g/mol. The first-order valence-electron chi connectivity index (χ1n) is 6.54. The normalized spacial score (nSPS) is 28.1. The Labute approximate surface area is 103 Å². The highest BCUT2D eigenvalue weighted by molar-refractivity contribution is 7.99. The van der Waals surface area contributed by atoms with Crippen LogP contribution in [0.25, 0.3) is 0 Å². The van der Waals surface area contributed by atoms with E-state index in [9.17, 15) is 0 Å². The summed E-state index contributed by atoms with van der Waals surface area (Å²) in [5.74, 6) is 3.39. The fraction of sp³-hybridized carbons (Fsp3) is 1.00. The van der Waals surface area contributed by atoms with Crippen molar-refractivity contribution < 1.29 is 4.74 Å². The Balaban J connectivity index is 1.47. The predicted molar refractivity (Wildman–Crippen MR) is 70.2 cm³/mol. The SMILES string of the molecule is C1COCC(CNCCN2CCSCC2)C1. The van der Waals surface area contributed by atoms with Crippen molar-refractivity contribution in [3.63, 3.8) is 0 Å². The molecule has 0 aromatic rings. The van der Waals surface area contributed by atoms with E-state index in [1.54, 1.807) is 0 Å². The van der Waals surface area contributed by atoms with Crippen LogP contribution in [0.15, 0.2) is 0 Å². The summed E-state index contributed by atoms with van der Waals surface area (Å²) in [7, 11) is 0. The van der Waals surface area contributed by atoms with E-state index in [1.165, 1.54) is 44.0 Å². The van der Waals surface area contributed by atoms with Crippen LogP contribution in [0.2, 0.25) is 0 Å². The lowest BCUT2D eigenvalue weighted by atomic mass is 10.0. The molecule has 2 aliphatic rings. The molecule has 0 radical (unpaired) electrons. The lowest BCUT2D eigenvalue weighted by molar-refractivity contribution is 0.0547. The van der Waals surface area contributed by atoms with Gasteiger partial charge in [-0.25, -0.2) is 0 Å². The maximum Gasteiger partial charge on any atom is 0.0506 e. The number of thioether (sulfide) groups is 1. The van der Waals surface area contributed by atoms with E-state index in [-0.39, 0.29) is 0 Å². The van der Waals surface area contributed by atoms with Crippen molar-refractivity contribution in [2.24, 2.45) is 5.92 Å². The van der Waals surface area contributed by atoms with Gasteiger partial charge in [0.2, 0.25) is 0 Å². The molecule has 0 saturated carbocycles. The lowest BCUT2D eigenvalue weighted by Gasteiger charge is -2.27. The molecule has 0 bridgehead atoms. The van der Waals surface area contributed by atoms with Crippen molar-refractivity contribution in [3.05, 3.63) is 0 Å². The molecule has 0 amide bonds. The highest BCUT2D eigenvalue weighted by Crippen LogP contribution is 2.12. The van der Waals surface area contributed by atoms with Crippen molar-refractivity contribution in [1.29, 1.82) is 0 Å². The van der Waals surface area contributed by atoms with Crippen molar-refractivity contribution >= 4 is 11.8 Å². The van der Waals surface area contributed by atoms with Gasteiger partial charge in [0.05, 0.1) is 6.61 Å². The van der Waals surface area contributed by atoms with Crippen LogP contribution in [0, 0.1) is 5.92 Å². The molecule has 0 aromatic carbocycles. The highest BCUT2D eigenvalue weighted by Gasteiger charge is 2.13. The fourth-order valence-electron chi connectivity index (χ4n) is 2.34. The minimum atomic E-state index is 0.755. The maximum atomic E-state index is 5.48. The number of ether oxygens (including phenoxy) is 1. The van der Waals surface area contributed by atoms with Gasteiger partial charge in [-0.05, 0) is 18.8 Å². The quantitative estimate of drug-likeness (QED) is 0.731. The first kappa shape index (κ1) is 12.7. The number of rotatable bonds is 5. The van der Waals surface area contributed by atoms with Crippen LogP contribution in [-0.2, 0) is 4.74 Å². The van der Waals surface area contributed by atoms with E-state index in [1.807, 2.05) is 0 Å². The zero-order valence-electron chi connectivity index (χ0n) is 10.1. The molecule has 2 saturated heterocycles. The van der Waals surface area contributed by atoms with E-state index < -0.39 is 0 Å². The molecule has 4 heteroatoms. The Hall–Kier alpha value is 0.230. The van der Waals surface area contributed by atoms with Gasteiger partial charge in [0, 0.05) is 50.8 Å². The average Bonchev–Trinajstić information content (AvgIpc) is 2.37. The van der Waals surface area contributed by atoms with E-state index in [2.05, 4.69) is 22.0 Å². The van der Waals surface area contributed by atoms with Crippen molar-refractivity contribution in [2.75, 3.05) is 57.4 Å². The van der Waals surface area contributed by atoms with E-state index in [0.717, 1.165) is 32.2 Å². The Morgan fingerprint density at radius 2 is 2.19 bits per heavy atom. The summed E-state index contributed by atoms with van der Waals surface area (Å²) in [5.41, 5.74) is 0. The van der Waals surface area contributed by atoms with Gasteiger partial charge in [0.15, 0.2) is 0 Å². The Bertz CT molecular complexity index is 160. The van der Waals surface area contributed by atoms with Crippen LogP contribution in [0.4, 0.5) is 0 Å². The molecule has 94 valence electrons. The Morgan fingerprint density at radius 3 is 2.94 bits per heavy atom. The molecule has 1 unspecified atom stereocenters. The standard InChI is InChI=1S/C12H24N2OS/c1-2-12(11-15-7-1)10-13-3-4-14-5-8-16-9-6-14/h12-13H,1-11H2. The second-order valence-corrected chi connectivity index (χ2v) is 5.97. The summed E-state index contributed by atoms with van der Waals surface area (Å²) in [6, 6.07) is 0. The predicted octanol–water partition coefficient (Wildman–Crippen LogP) is 1.05. The second-order valence-electron chi connectivity index (χ2n) is 4.74. The lowest BCUT2D eigenvalue weighted by Crippen LogP contribution is -2.39. The average molecular weight is 244 g/mol. The third-order valence-electron chi connectivity index (χ3n) is 3.40. The van der Waals surface area contributed by atoms with E-state index >= 15 is 0 Å². The van der Waals surface area contributed by atoms with E-state index in [4.69, 9.17) is 4.74 Å². The molecule has 3 nitrogen and oxygen atoms in total. The number of nitrogens with zero attached hydrogens (tertiary/aromatic N) is 1. The van der Waals surface area contributed by atoms with Crippen molar-refractivity contribution in [1.82, 2.24) is 10.2 Å². The molecule has 2 aliphatic heterocycles. The highest BCUT2D eigenvalue weighted by atomic mass is 32.2. The molecule has 2 rings (SSSR count). The van der Waals surface area contributed by atoms with Gasteiger partial charge in [0.25, 0.3) is 0 Å². The van der Waals surface area contributed by atoms with Gasteiger partial charge in [-0.1, -0.05) is 0 Å². The molecule has 2 fully saturated rings. The molecule has 0 aliphatic carbocycles. The van der Waals surface area contributed by atoms with Gasteiger partial charge >= 0.3 is 0 Å². The number of hydrogen-bond donors (Lipinski definition) is 1. The molecule has 0 aromatic heterocycles. The maximum absolute atomic E-state index is 5.48. The Morgan fingerprint density at radius 1 is 1.31 bits per heavy atom. The third kappa shape index (κ3) is 4.62. The summed E-state index contributed by atoms with van der Waals surface area (Å²) in [6.07, 6.45) is 2.59. The topological polar surface area (TPSA) is 24.5 Å². The van der Waals surface area contributed by atoms with Crippen LogP contribution >= 0.6 is 11.8 Å². The summed E-state index contributed by atoms with van der Waals surface area (Å²) in [4.78, 5) is 2.57. The first-order valence-corrected chi connectivity index (χ1v) is 7.69. The van der Waals surface area contributed by atoms with E-state index in [0.29, 0.717) is 0 Å². The van der Waals surface area contributed by atoms with Crippen LogP contribution < -0.4 is 5.32 Å². The van der Waals surface area contributed by atoms with Crippen molar-refractivity contribution in [3.8, 4) is 0 Å². The summed E-state index contributed by atoms with van der Waals surface area (Å²) in [6.45, 7) is 7.99. The molecule has 16 heavy (non-hydrogen) atoms. The van der Waals surface area contributed by atoms with Crippen molar-refractivity contribution in [2.45, 2.75) is 12.8 Å². The third-order valence-corrected chi connectivity index (χ3v) is 4.34. The first-order chi connectivity index (χ1) is 7.95. The second kappa shape index (κ2) is 7.54.